The highest BCUT2D eigenvalue weighted by molar-refractivity contribution is 5.99. The van der Waals surface area contributed by atoms with Gasteiger partial charge in [-0.15, -0.1) is 0 Å². The molecule has 0 fully saturated rings. The maximum atomic E-state index is 13.8. The number of hydrogen-bond donors (Lipinski definition) is 0. The van der Waals surface area contributed by atoms with E-state index in [0.717, 1.165) is 31.6 Å². The second kappa shape index (κ2) is 11.4. The molecule has 2 heterocycles. The Morgan fingerprint density at radius 1 is 1.06 bits per heavy atom. The maximum Gasteiger partial charge on any atom is 0.290 e. The van der Waals surface area contributed by atoms with Crippen LogP contribution in [0.1, 0.15) is 54.9 Å². The van der Waals surface area contributed by atoms with Crippen molar-refractivity contribution < 1.29 is 18.7 Å². The van der Waals surface area contributed by atoms with Crippen molar-refractivity contribution in [2.75, 3.05) is 39.4 Å². The quantitative estimate of drug-likeness (QED) is 0.332. The third-order valence-corrected chi connectivity index (χ3v) is 6.56. The van der Waals surface area contributed by atoms with Crippen molar-refractivity contribution in [3.8, 4) is 11.5 Å². The van der Waals surface area contributed by atoms with E-state index in [-0.39, 0.29) is 17.1 Å². The number of nitrogens with zero attached hydrogens (tertiary/aromatic N) is 2. The molecule has 1 aromatic heterocycles. The minimum absolute atomic E-state index is 0.103. The van der Waals surface area contributed by atoms with E-state index in [2.05, 4.69) is 25.3 Å². The zero-order valence-corrected chi connectivity index (χ0v) is 21.3. The fourth-order valence-corrected chi connectivity index (χ4v) is 4.77. The van der Waals surface area contributed by atoms with Gasteiger partial charge in [-0.25, -0.2) is 0 Å². The predicted octanol–water partition coefficient (Wildman–Crippen LogP) is 5.03. The molecule has 36 heavy (non-hydrogen) atoms. The van der Waals surface area contributed by atoms with Crippen LogP contribution in [0.3, 0.4) is 0 Å². The molecule has 1 aliphatic heterocycles. The fraction of sp³-hybridized carbons (Fsp3) is 0.379. The first-order valence-corrected chi connectivity index (χ1v) is 12.6. The van der Waals surface area contributed by atoms with Gasteiger partial charge in [0.1, 0.15) is 23.7 Å². The highest BCUT2D eigenvalue weighted by atomic mass is 16.5. The van der Waals surface area contributed by atoms with Gasteiger partial charge in [0.25, 0.3) is 5.91 Å². The molecule has 0 aliphatic carbocycles. The van der Waals surface area contributed by atoms with E-state index in [4.69, 9.17) is 13.9 Å². The average Bonchev–Trinajstić information content (AvgIpc) is 3.17. The standard InChI is InChI=1S/C29H34N2O5/c1-5-17-35-21-12-9-11-20(18-21)26-25-27(32)23-14-13-22(34-8-4)19-24(23)36-28(25)29(33)31(26)16-10-15-30(6-2)7-3/h5,9,11-14,18-19,26H,1,6-8,10,15-17H2,2-4H3. The van der Waals surface area contributed by atoms with Crippen LogP contribution in [0, 0.1) is 0 Å². The number of ether oxygens (including phenoxy) is 2. The molecule has 4 rings (SSSR count). The lowest BCUT2D eigenvalue weighted by Crippen LogP contribution is -2.33. The molecule has 0 N–H and O–H groups in total. The summed E-state index contributed by atoms with van der Waals surface area (Å²) in [6.07, 6.45) is 2.46. The largest absolute Gasteiger partial charge is 0.494 e. The molecule has 0 spiro atoms. The van der Waals surface area contributed by atoms with E-state index in [9.17, 15) is 9.59 Å². The molecule has 7 heteroatoms. The summed E-state index contributed by atoms with van der Waals surface area (Å²) in [5.41, 5.74) is 1.34. The second-order valence-corrected chi connectivity index (χ2v) is 8.72. The van der Waals surface area contributed by atoms with Crippen LogP contribution >= 0.6 is 0 Å². The molecule has 2 aromatic carbocycles. The number of carbonyl (C=O) groups is 1. The first-order valence-electron chi connectivity index (χ1n) is 12.6. The van der Waals surface area contributed by atoms with Gasteiger partial charge in [0.2, 0.25) is 5.76 Å². The molecule has 0 radical (unpaired) electrons. The number of fused-ring (bicyclic) bond motifs is 2. The minimum atomic E-state index is -0.552. The van der Waals surface area contributed by atoms with Crippen molar-refractivity contribution in [2.24, 2.45) is 0 Å². The number of rotatable bonds is 12. The zero-order valence-electron chi connectivity index (χ0n) is 21.3. The number of hydrogen-bond acceptors (Lipinski definition) is 6. The van der Waals surface area contributed by atoms with E-state index in [1.165, 1.54) is 0 Å². The molecular formula is C29H34N2O5. The molecule has 3 aromatic rings. The van der Waals surface area contributed by atoms with E-state index in [1.807, 2.05) is 31.2 Å². The van der Waals surface area contributed by atoms with Crippen molar-refractivity contribution in [2.45, 2.75) is 33.2 Å². The molecule has 1 atom stereocenters. The van der Waals surface area contributed by atoms with Gasteiger partial charge >= 0.3 is 0 Å². The third-order valence-electron chi connectivity index (χ3n) is 6.56. The number of benzene rings is 2. The van der Waals surface area contributed by atoms with Crippen LogP contribution in [0.4, 0.5) is 0 Å². The van der Waals surface area contributed by atoms with Crippen molar-refractivity contribution in [3.05, 3.63) is 82.2 Å². The Kier molecular flexibility index (Phi) is 8.10. The number of amides is 1. The van der Waals surface area contributed by atoms with Crippen LogP contribution < -0.4 is 14.9 Å². The van der Waals surface area contributed by atoms with Crippen molar-refractivity contribution in [3.63, 3.8) is 0 Å². The Bertz CT molecular complexity index is 1290. The summed E-state index contributed by atoms with van der Waals surface area (Å²) >= 11 is 0. The van der Waals surface area contributed by atoms with Crippen LogP contribution in [-0.2, 0) is 0 Å². The first kappa shape index (κ1) is 25.5. The van der Waals surface area contributed by atoms with Gasteiger partial charge < -0.3 is 23.7 Å². The Morgan fingerprint density at radius 3 is 2.56 bits per heavy atom. The first-order chi connectivity index (χ1) is 17.5. The highest BCUT2D eigenvalue weighted by Crippen LogP contribution is 2.39. The molecule has 1 aliphatic rings. The van der Waals surface area contributed by atoms with Crippen LogP contribution in [0.5, 0.6) is 11.5 Å². The van der Waals surface area contributed by atoms with Gasteiger partial charge in [0, 0.05) is 12.6 Å². The van der Waals surface area contributed by atoms with Gasteiger partial charge in [0.05, 0.1) is 23.6 Å². The second-order valence-electron chi connectivity index (χ2n) is 8.72. The van der Waals surface area contributed by atoms with Crippen molar-refractivity contribution in [1.82, 2.24) is 9.80 Å². The average molecular weight is 491 g/mol. The summed E-state index contributed by atoms with van der Waals surface area (Å²) in [5.74, 6) is 1.08. The van der Waals surface area contributed by atoms with Crippen LogP contribution in [-0.4, -0.2) is 55.1 Å². The monoisotopic (exact) mass is 490 g/mol. The molecule has 1 unspecified atom stereocenters. The lowest BCUT2D eigenvalue weighted by atomic mass is 9.98. The van der Waals surface area contributed by atoms with E-state index < -0.39 is 6.04 Å². The molecule has 0 saturated heterocycles. The summed E-state index contributed by atoms with van der Waals surface area (Å²) in [5, 5.41) is 0.430. The maximum absolute atomic E-state index is 13.8. The summed E-state index contributed by atoms with van der Waals surface area (Å²) < 4.78 is 17.4. The smallest absolute Gasteiger partial charge is 0.290 e. The van der Waals surface area contributed by atoms with Gasteiger partial charge in [0.15, 0.2) is 5.43 Å². The fourth-order valence-electron chi connectivity index (χ4n) is 4.77. The van der Waals surface area contributed by atoms with Gasteiger partial charge in [-0.05, 0) is 62.8 Å². The van der Waals surface area contributed by atoms with Gasteiger partial charge in [-0.2, -0.15) is 0 Å². The summed E-state index contributed by atoms with van der Waals surface area (Å²) in [6.45, 7) is 14.0. The zero-order chi connectivity index (χ0) is 25.7. The topological polar surface area (TPSA) is 72.2 Å². The molecule has 0 bridgehead atoms. The van der Waals surface area contributed by atoms with E-state index >= 15 is 0 Å². The van der Waals surface area contributed by atoms with Crippen LogP contribution in [0.15, 0.2) is 64.3 Å². The number of carbonyl (C=O) groups excluding carboxylic acids is 1. The summed E-state index contributed by atoms with van der Waals surface area (Å²) in [6, 6.07) is 12.1. The van der Waals surface area contributed by atoms with Gasteiger partial charge in [-0.1, -0.05) is 38.6 Å². The predicted molar refractivity (Wildman–Crippen MR) is 141 cm³/mol. The lowest BCUT2D eigenvalue weighted by Gasteiger charge is -2.27. The Hall–Kier alpha value is -3.58. The normalized spacial score (nSPS) is 14.9. The Balaban J connectivity index is 1.79. The molecule has 7 nitrogen and oxygen atoms in total. The Labute approximate surface area is 211 Å². The van der Waals surface area contributed by atoms with Crippen molar-refractivity contribution >= 4 is 16.9 Å². The lowest BCUT2D eigenvalue weighted by molar-refractivity contribution is 0.0720. The van der Waals surface area contributed by atoms with Gasteiger partial charge in [-0.3, -0.25) is 9.59 Å². The highest BCUT2D eigenvalue weighted by Gasteiger charge is 2.42. The molecular weight excluding hydrogens is 456 g/mol. The van der Waals surface area contributed by atoms with Crippen molar-refractivity contribution in [1.29, 1.82) is 0 Å². The minimum Gasteiger partial charge on any atom is -0.494 e. The molecule has 190 valence electrons. The van der Waals surface area contributed by atoms with E-state index in [0.29, 0.717) is 47.8 Å². The van der Waals surface area contributed by atoms with Crippen LogP contribution in [0.25, 0.3) is 11.0 Å². The molecule has 1 amide bonds. The molecule has 0 saturated carbocycles. The Morgan fingerprint density at radius 2 is 1.83 bits per heavy atom. The summed E-state index contributed by atoms with van der Waals surface area (Å²) in [7, 11) is 0. The SMILES string of the molecule is C=CCOc1cccc(C2c3c(oc4cc(OCC)ccc4c3=O)C(=O)N2CCCN(CC)CC)c1. The van der Waals surface area contributed by atoms with Crippen LogP contribution in [0.2, 0.25) is 0 Å². The summed E-state index contributed by atoms with van der Waals surface area (Å²) in [4.78, 5) is 31.5. The van der Waals surface area contributed by atoms with E-state index in [1.54, 1.807) is 29.2 Å². The third kappa shape index (κ3) is 5.02.